The Morgan fingerprint density at radius 2 is 2.12 bits per heavy atom. The van der Waals surface area contributed by atoms with Crippen molar-refractivity contribution in [2.45, 2.75) is 25.9 Å². The predicted octanol–water partition coefficient (Wildman–Crippen LogP) is 1.92. The number of nitrogens with zero attached hydrogens (tertiary/aromatic N) is 4. The zero-order valence-corrected chi connectivity index (χ0v) is 14.0. The first-order chi connectivity index (χ1) is 11.6. The summed E-state index contributed by atoms with van der Waals surface area (Å²) < 4.78 is 1.76. The van der Waals surface area contributed by atoms with Gasteiger partial charge in [-0.25, -0.2) is 0 Å². The van der Waals surface area contributed by atoms with Crippen molar-refractivity contribution in [2.75, 3.05) is 5.73 Å². The molecule has 3 N–H and O–H groups in total. The van der Waals surface area contributed by atoms with Crippen LogP contribution in [-0.4, -0.2) is 25.9 Å². The molecule has 0 bridgehead atoms. The molecule has 0 aliphatic heterocycles. The van der Waals surface area contributed by atoms with Crippen molar-refractivity contribution in [2.24, 2.45) is 0 Å². The second-order valence-electron chi connectivity index (χ2n) is 5.42. The number of nitrogens with two attached hydrogens (primary N) is 1. The van der Waals surface area contributed by atoms with Gasteiger partial charge in [0.2, 0.25) is 11.0 Å². The highest BCUT2D eigenvalue weighted by atomic mass is 32.1. The van der Waals surface area contributed by atoms with Crippen molar-refractivity contribution >= 4 is 22.4 Å². The first kappa shape index (κ1) is 16.1. The fourth-order valence-corrected chi connectivity index (χ4v) is 3.03. The maximum atomic E-state index is 12.4. The molecule has 7 nitrogen and oxygen atoms in total. The van der Waals surface area contributed by atoms with Crippen molar-refractivity contribution in [3.8, 4) is 0 Å². The molecule has 2 heterocycles. The molecule has 24 heavy (non-hydrogen) atoms. The molecule has 1 atom stereocenters. The molecule has 3 rings (SSSR count). The van der Waals surface area contributed by atoms with Crippen LogP contribution in [0.4, 0.5) is 5.13 Å². The predicted molar refractivity (Wildman–Crippen MR) is 92.3 cm³/mol. The minimum absolute atomic E-state index is 0.0780. The number of aryl methyl sites for hydroxylation is 2. The zero-order chi connectivity index (χ0) is 16.9. The Hall–Kier alpha value is -2.74. The minimum Gasteiger partial charge on any atom is -0.374 e. The third-order valence-corrected chi connectivity index (χ3v) is 4.29. The van der Waals surface area contributed by atoms with Crippen LogP contribution in [0.3, 0.4) is 0 Å². The van der Waals surface area contributed by atoms with Crippen LogP contribution in [-0.2, 0) is 11.3 Å². The van der Waals surface area contributed by atoms with E-state index in [-0.39, 0.29) is 11.9 Å². The lowest BCUT2D eigenvalue weighted by Gasteiger charge is -2.16. The third kappa shape index (κ3) is 3.96. The van der Waals surface area contributed by atoms with Gasteiger partial charge in [-0.15, -0.1) is 10.2 Å². The van der Waals surface area contributed by atoms with Crippen LogP contribution in [0.25, 0.3) is 0 Å². The summed E-state index contributed by atoms with van der Waals surface area (Å²) in [6.45, 7) is 2.49. The van der Waals surface area contributed by atoms with Crippen LogP contribution in [0, 0.1) is 6.92 Å². The Kier molecular flexibility index (Phi) is 4.85. The molecule has 0 radical (unpaired) electrons. The molecule has 8 heteroatoms. The van der Waals surface area contributed by atoms with Crippen molar-refractivity contribution in [1.82, 2.24) is 25.3 Å². The monoisotopic (exact) mass is 342 g/mol. The van der Waals surface area contributed by atoms with Gasteiger partial charge in [0.05, 0.1) is 6.20 Å². The van der Waals surface area contributed by atoms with Crippen LogP contribution in [0.2, 0.25) is 0 Å². The number of nitrogens with one attached hydrogen (secondary N) is 1. The van der Waals surface area contributed by atoms with Gasteiger partial charge in [-0.1, -0.05) is 41.7 Å². The smallest absolute Gasteiger partial charge is 0.222 e. The van der Waals surface area contributed by atoms with Gasteiger partial charge in [0.1, 0.15) is 11.0 Å². The molecule has 1 amide bonds. The van der Waals surface area contributed by atoms with Crippen molar-refractivity contribution in [3.05, 3.63) is 58.9 Å². The highest BCUT2D eigenvalue weighted by Gasteiger charge is 2.20. The van der Waals surface area contributed by atoms with Crippen LogP contribution < -0.4 is 11.1 Å². The molecule has 0 unspecified atom stereocenters. The summed E-state index contributed by atoms with van der Waals surface area (Å²) in [4.78, 5) is 12.4. The Balaban J connectivity index is 1.70. The standard InChI is InChI=1S/C16H18N6OS/c1-11-9-18-22(10-11)8-7-13(23)19-14(12-5-3-2-4-6-12)15-20-21-16(17)24-15/h2-6,9-10,14H,7-8H2,1H3,(H2,17,21)(H,19,23)/t14-/m1/s1. The largest absolute Gasteiger partial charge is 0.374 e. The average Bonchev–Trinajstić information content (AvgIpc) is 3.20. The summed E-state index contributed by atoms with van der Waals surface area (Å²) in [6, 6.07) is 9.31. The van der Waals surface area contributed by atoms with Gasteiger partial charge in [0.25, 0.3) is 0 Å². The summed E-state index contributed by atoms with van der Waals surface area (Å²) in [7, 11) is 0. The van der Waals surface area contributed by atoms with Gasteiger partial charge in [0.15, 0.2) is 0 Å². The fraction of sp³-hybridized carbons (Fsp3) is 0.250. The minimum atomic E-state index is -0.354. The normalized spacial score (nSPS) is 12.0. The maximum Gasteiger partial charge on any atom is 0.222 e. The van der Waals surface area contributed by atoms with Gasteiger partial charge in [-0.2, -0.15) is 5.10 Å². The van der Waals surface area contributed by atoms with E-state index in [1.54, 1.807) is 10.9 Å². The summed E-state index contributed by atoms with van der Waals surface area (Å²) in [5, 5.41) is 16.2. The number of hydrogen-bond donors (Lipinski definition) is 2. The van der Waals surface area contributed by atoms with Gasteiger partial charge in [-0.05, 0) is 18.1 Å². The summed E-state index contributed by atoms with van der Waals surface area (Å²) in [6.07, 6.45) is 4.01. The maximum absolute atomic E-state index is 12.4. The summed E-state index contributed by atoms with van der Waals surface area (Å²) in [5.41, 5.74) is 7.70. The molecule has 2 aromatic heterocycles. The average molecular weight is 342 g/mol. The van der Waals surface area contributed by atoms with Gasteiger partial charge >= 0.3 is 0 Å². The SMILES string of the molecule is Cc1cnn(CCC(=O)N[C@H](c2ccccc2)c2nnc(N)s2)c1. The molecule has 3 aromatic rings. The van der Waals surface area contributed by atoms with E-state index in [0.717, 1.165) is 11.1 Å². The second kappa shape index (κ2) is 7.22. The summed E-state index contributed by atoms with van der Waals surface area (Å²) in [5.74, 6) is -0.0780. The lowest BCUT2D eigenvalue weighted by atomic mass is 10.1. The van der Waals surface area contributed by atoms with E-state index in [9.17, 15) is 4.79 Å². The molecule has 0 saturated heterocycles. The quantitative estimate of drug-likeness (QED) is 0.713. The van der Waals surface area contributed by atoms with Crippen molar-refractivity contribution < 1.29 is 4.79 Å². The number of carbonyl (C=O) groups is 1. The second-order valence-corrected chi connectivity index (χ2v) is 6.46. The highest BCUT2D eigenvalue weighted by Crippen LogP contribution is 2.25. The fourth-order valence-electron chi connectivity index (χ4n) is 2.33. The molecular formula is C16H18N6OS. The van der Waals surface area contributed by atoms with Crippen LogP contribution in [0.1, 0.15) is 28.6 Å². The number of aromatic nitrogens is 4. The first-order valence-electron chi connectivity index (χ1n) is 7.54. The Bertz CT molecular complexity index is 813. The Labute approximate surface area is 143 Å². The number of hydrogen-bond acceptors (Lipinski definition) is 6. The molecule has 124 valence electrons. The number of benzene rings is 1. The molecule has 0 saturated carbocycles. The number of carbonyl (C=O) groups excluding carboxylic acids is 1. The highest BCUT2D eigenvalue weighted by molar-refractivity contribution is 7.15. The van der Waals surface area contributed by atoms with Gasteiger partial charge < -0.3 is 11.1 Å². The number of amides is 1. The number of nitrogen functional groups attached to an aromatic ring is 1. The molecule has 0 aliphatic carbocycles. The molecule has 0 fully saturated rings. The number of rotatable bonds is 6. The third-order valence-electron chi connectivity index (χ3n) is 3.47. The van der Waals surface area contributed by atoms with E-state index in [2.05, 4.69) is 20.6 Å². The van der Waals surface area contributed by atoms with Crippen LogP contribution in [0.5, 0.6) is 0 Å². The lowest BCUT2D eigenvalue weighted by molar-refractivity contribution is -0.121. The van der Waals surface area contributed by atoms with Gasteiger partial charge in [0, 0.05) is 19.2 Å². The van der Waals surface area contributed by atoms with Crippen LogP contribution in [0.15, 0.2) is 42.7 Å². The molecule has 0 aliphatic rings. The first-order valence-corrected chi connectivity index (χ1v) is 8.35. The zero-order valence-electron chi connectivity index (χ0n) is 13.2. The topological polar surface area (TPSA) is 98.7 Å². The van der Waals surface area contributed by atoms with Crippen molar-refractivity contribution in [3.63, 3.8) is 0 Å². The molecule has 0 spiro atoms. The lowest BCUT2D eigenvalue weighted by Crippen LogP contribution is -2.30. The summed E-state index contributed by atoms with van der Waals surface area (Å²) >= 11 is 1.27. The Morgan fingerprint density at radius 3 is 2.75 bits per heavy atom. The van der Waals surface area contributed by atoms with E-state index < -0.39 is 0 Å². The molecule has 1 aromatic carbocycles. The Morgan fingerprint density at radius 1 is 1.33 bits per heavy atom. The van der Waals surface area contributed by atoms with Gasteiger partial charge in [-0.3, -0.25) is 9.48 Å². The van der Waals surface area contributed by atoms with Crippen LogP contribution >= 0.6 is 11.3 Å². The van der Waals surface area contributed by atoms with E-state index >= 15 is 0 Å². The van der Waals surface area contributed by atoms with Crippen molar-refractivity contribution in [1.29, 1.82) is 0 Å². The number of anilines is 1. The van der Waals surface area contributed by atoms with E-state index in [4.69, 9.17) is 5.73 Å². The molecular weight excluding hydrogens is 324 g/mol. The van der Waals surface area contributed by atoms with E-state index in [1.165, 1.54) is 11.3 Å². The van der Waals surface area contributed by atoms with E-state index in [0.29, 0.717) is 23.1 Å². The van der Waals surface area contributed by atoms with E-state index in [1.807, 2.05) is 43.5 Å².